The summed E-state index contributed by atoms with van der Waals surface area (Å²) in [5, 5.41) is 8.17. The lowest BCUT2D eigenvalue weighted by Gasteiger charge is -2.22. The summed E-state index contributed by atoms with van der Waals surface area (Å²) in [6, 6.07) is 22.5. The molecule has 0 radical (unpaired) electrons. The lowest BCUT2D eigenvalue weighted by molar-refractivity contribution is 0.0948. The lowest BCUT2D eigenvalue weighted by Crippen LogP contribution is -2.35. The molecule has 4 aromatic rings. The molecule has 0 atom stereocenters. The number of benzene rings is 3. The average molecular weight is 493 g/mol. The highest BCUT2D eigenvalue weighted by Crippen LogP contribution is 2.32. The molecule has 1 aromatic heterocycles. The maximum absolute atomic E-state index is 12.6. The lowest BCUT2D eigenvalue weighted by atomic mass is 9.98. The van der Waals surface area contributed by atoms with Crippen molar-refractivity contribution >= 4 is 38.9 Å². The zero-order valence-corrected chi connectivity index (χ0v) is 20.1. The van der Waals surface area contributed by atoms with Crippen LogP contribution in [0.1, 0.15) is 22.5 Å². The number of carbonyl (C=O) groups excluding carboxylic acids is 1. The SMILES string of the molecule is O=C(NCC1CCNCC1)c1cc2ccc(Oc3ccc(Oc4ccc(Cl)cc4)cc3)cc2s1. The van der Waals surface area contributed by atoms with Gasteiger partial charge in [0, 0.05) is 16.3 Å². The van der Waals surface area contributed by atoms with E-state index in [9.17, 15) is 4.79 Å². The second-order valence-electron chi connectivity index (χ2n) is 8.34. The number of carbonyl (C=O) groups is 1. The molecule has 0 bridgehead atoms. The second-order valence-corrected chi connectivity index (χ2v) is 9.86. The van der Waals surface area contributed by atoms with Gasteiger partial charge in [-0.25, -0.2) is 0 Å². The van der Waals surface area contributed by atoms with E-state index in [0.29, 0.717) is 22.4 Å². The minimum atomic E-state index is -0.00141. The second kappa shape index (κ2) is 10.5. The van der Waals surface area contributed by atoms with Crippen LogP contribution in [0.25, 0.3) is 10.1 Å². The number of nitrogens with one attached hydrogen (secondary N) is 2. The van der Waals surface area contributed by atoms with E-state index < -0.39 is 0 Å². The van der Waals surface area contributed by atoms with Gasteiger partial charge in [0.2, 0.25) is 0 Å². The topological polar surface area (TPSA) is 59.6 Å². The highest BCUT2D eigenvalue weighted by molar-refractivity contribution is 7.20. The zero-order valence-electron chi connectivity index (χ0n) is 18.6. The highest BCUT2D eigenvalue weighted by Gasteiger charge is 2.16. The molecular formula is C27H25ClN2O3S. The van der Waals surface area contributed by atoms with Gasteiger partial charge in [0.1, 0.15) is 23.0 Å². The summed E-state index contributed by atoms with van der Waals surface area (Å²) in [5.41, 5.74) is 0. The van der Waals surface area contributed by atoms with Crippen molar-refractivity contribution in [2.24, 2.45) is 5.92 Å². The number of thiophene rings is 1. The van der Waals surface area contributed by atoms with Gasteiger partial charge in [-0.15, -0.1) is 11.3 Å². The summed E-state index contributed by atoms with van der Waals surface area (Å²) < 4.78 is 12.9. The first-order chi connectivity index (χ1) is 16.6. The highest BCUT2D eigenvalue weighted by atomic mass is 35.5. The molecule has 7 heteroatoms. The molecule has 5 nitrogen and oxygen atoms in total. The van der Waals surface area contributed by atoms with Crippen LogP contribution in [-0.4, -0.2) is 25.5 Å². The van der Waals surface area contributed by atoms with E-state index in [4.69, 9.17) is 21.1 Å². The van der Waals surface area contributed by atoms with Crippen LogP contribution in [0.5, 0.6) is 23.0 Å². The Morgan fingerprint density at radius 3 is 2.15 bits per heavy atom. The van der Waals surface area contributed by atoms with Crippen LogP contribution in [0.15, 0.2) is 72.8 Å². The Morgan fingerprint density at radius 1 is 0.882 bits per heavy atom. The molecule has 2 heterocycles. The summed E-state index contributed by atoms with van der Waals surface area (Å²) in [6.45, 7) is 2.80. The fourth-order valence-electron chi connectivity index (χ4n) is 3.95. The maximum atomic E-state index is 12.6. The third-order valence-electron chi connectivity index (χ3n) is 5.83. The summed E-state index contributed by atoms with van der Waals surface area (Å²) in [7, 11) is 0. The molecule has 1 saturated heterocycles. The molecule has 1 amide bonds. The van der Waals surface area contributed by atoms with Gasteiger partial charge in [0.25, 0.3) is 5.91 Å². The third kappa shape index (κ3) is 5.70. The Balaban J connectivity index is 1.21. The van der Waals surface area contributed by atoms with Crippen LogP contribution in [0.2, 0.25) is 5.02 Å². The van der Waals surface area contributed by atoms with Gasteiger partial charge in [0.05, 0.1) is 4.88 Å². The van der Waals surface area contributed by atoms with E-state index in [1.54, 1.807) is 12.1 Å². The van der Waals surface area contributed by atoms with Crippen molar-refractivity contribution in [1.82, 2.24) is 10.6 Å². The van der Waals surface area contributed by atoms with Gasteiger partial charge in [-0.3, -0.25) is 4.79 Å². The van der Waals surface area contributed by atoms with E-state index in [-0.39, 0.29) is 5.91 Å². The number of piperidine rings is 1. The first kappa shape index (κ1) is 22.7. The Kier molecular flexibility index (Phi) is 7.00. The van der Waals surface area contributed by atoms with E-state index >= 15 is 0 Å². The summed E-state index contributed by atoms with van der Waals surface area (Å²) >= 11 is 7.40. The quantitative estimate of drug-likeness (QED) is 0.295. The standard InChI is InChI=1S/C27H25ClN2O3S/c28-20-2-5-21(6-3-20)32-22-7-9-23(10-8-22)33-24-4-1-19-15-26(34-25(19)16-24)27(31)30-17-18-11-13-29-14-12-18/h1-10,15-16,18,29H,11-14,17H2,(H,30,31). The van der Waals surface area contributed by atoms with Gasteiger partial charge in [-0.05, 0) is 110 Å². The number of ether oxygens (including phenoxy) is 2. The molecule has 2 N–H and O–H groups in total. The van der Waals surface area contributed by atoms with Crippen LogP contribution in [-0.2, 0) is 0 Å². The van der Waals surface area contributed by atoms with Gasteiger partial charge in [-0.2, -0.15) is 0 Å². The fourth-order valence-corrected chi connectivity index (χ4v) is 5.08. The molecular weight excluding hydrogens is 468 g/mol. The molecule has 1 aliphatic heterocycles. The molecule has 3 aromatic carbocycles. The summed E-state index contributed by atoms with van der Waals surface area (Å²) in [4.78, 5) is 13.4. The number of fused-ring (bicyclic) bond motifs is 1. The first-order valence-corrected chi connectivity index (χ1v) is 12.6. The van der Waals surface area contributed by atoms with Crippen molar-refractivity contribution in [2.75, 3.05) is 19.6 Å². The Hall–Kier alpha value is -3.06. The van der Waals surface area contributed by atoms with E-state index in [1.165, 1.54) is 11.3 Å². The maximum Gasteiger partial charge on any atom is 0.261 e. The van der Waals surface area contributed by atoms with Gasteiger partial charge in [-0.1, -0.05) is 11.6 Å². The Bertz CT molecular complexity index is 1270. The van der Waals surface area contributed by atoms with E-state index in [2.05, 4.69) is 10.6 Å². The van der Waals surface area contributed by atoms with E-state index in [1.807, 2.05) is 60.7 Å². The summed E-state index contributed by atoms with van der Waals surface area (Å²) in [5.74, 6) is 3.42. The number of amides is 1. The Morgan fingerprint density at radius 2 is 1.47 bits per heavy atom. The predicted octanol–water partition coefficient (Wildman–Crippen LogP) is 6.87. The number of hydrogen-bond acceptors (Lipinski definition) is 5. The van der Waals surface area contributed by atoms with Crippen LogP contribution < -0.4 is 20.1 Å². The molecule has 1 aliphatic rings. The van der Waals surface area contributed by atoms with Crippen LogP contribution in [0.3, 0.4) is 0 Å². The van der Waals surface area contributed by atoms with E-state index in [0.717, 1.165) is 58.9 Å². The van der Waals surface area contributed by atoms with Crippen LogP contribution in [0.4, 0.5) is 0 Å². The minimum absolute atomic E-state index is 0.00141. The molecule has 0 unspecified atom stereocenters. The van der Waals surface area contributed by atoms with Gasteiger partial charge >= 0.3 is 0 Å². The van der Waals surface area contributed by atoms with Gasteiger partial charge < -0.3 is 20.1 Å². The normalized spacial score (nSPS) is 14.1. The smallest absolute Gasteiger partial charge is 0.261 e. The molecule has 5 rings (SSSR count). The number of halogens is 1. The largest absolute Gasteiger partial charge is 0.457 e. The molecule has 174 valence electrons. The molecule has 0 spiro atoms. The number of rotatable bonds is 7. The minimum Gasteiger partial charge on any atom is -0.457 e. The van der Waals surface area contributed by atoms with Crippen molar-refractivity contribution in [1.29, 1.82) is 0 Å². The molecule has 0 saturated carbocycles. The molecule has 0 aliphatic carbocycles. The predicted molar refractivity (Wildman–Crippen MR) is 138 cm³/mol. The van der Waals surface area contributed by atoms with Crippen molar-refractivity contribution in [2.45, 2.75) is 12.8 Å². The third-order valence-corrected chi connectivity index (χ3v) is 7.18. The monoisotopic (exact) mass is 492 g/mol. The first-order valence-electron chi connectivity index (χ1n) is 11.4. The van der Waals surface area contributed by atoms with Gasteiger partial charge in [0.15, 0.2) is 0 Å². The molecule has 34 heavy (non-hydrogen) atoms. The summed E-state index contributed by atoms with van der Waals surface area (Å²) in [6.07, 6.45) is 2.23. The fraction of sp³-hybridized carbons (Fsp3) is 0.222. The number of hydrogen-bond donors (Lipinski definition) is 2. The zero-order chi connectivity index (χ0) is 23.3. The van der Waals surface area contributed by atoms with Crippen LogP contribution >= 0.6 is 22.9 Å². The van der Waals surface area contributed by atoms with Crippen molar-refractivity contribution in [3.05, 3.63) is 82.7 Å². The van der Waals surface area contributed by atoms with Crippen molar-refractivity contribution in [3.63, 3.8) is 0 Å². The molecule has 1 fully saturated rings. The average Bonchev–Trinajstić information content (AvgIpc) is 3.29. The van der Waals surface area contributed by atoms with Crippen molar-refractivity contribution < 1.29 is 14.3 Å². The Labute approximate surface area is 207 Å². The van der Waals surface area contributed by atoms with Crippen molar-refractivity contribution in [3.8, 4) is 23.0 Å². The van der Waals surface area contributed by atoms with Crippen LogP contribution in [0, 0.1) is 5.92 Å².